The van der Waals surface area contributed by atoms with Crippen molar-refractivity contribution in [3.05, 3.63) is 0 Å². The zero-order valence-corrected chi connectivity index (χ0v) is 9.76. The average Bonchev–Trinajstić information content (AvgIpc) is 2.25. The Labute approximate surface area is 88.4 Å². The van der Waals surface area contributed by atoms with Crippen LogP contribution in [0.3, 0.4) is 0 Å². The molecule has 84 valence electrons. The van der Waals surface area contributed by atoms with Gasteiger partial charge in [-0.15, -0.1) is 0 Å². The van der Waals surface area contributed by atoms with Crippen molar-refractivity contribution >= 4 is 0 Å². The van der Waals surface area contributed by atoms with Gasteiger partial charge in [-0.2, -0.15) is 0 Å². The molecule has 0 amide bonds. The highest BCUT2D eigenvalue weighted by molar-refractivity contribution is 4.69. The van der Waals surface area contributed by atoms with E-state index in [2.05, 4.69) is 29.2 Å². The van der Waals surface area contributed by atoms with Crippen molar-refractivity contribution < 1.29 is 0 Å². The van der Waals surface area contributed by atoms with Crippen molar-refractivity contribution in [2.75, 3.05) is 39.3 Å². The molecule has 1 aliphatic rings. The summed E-state index contributed by atoms with van der Waals surface area (Å²) >= 11 is 0. The molecule has 1 rings (SSSR count). The minimum absolute atomic E-state index is 1.12. The summed E-state index contributed by atoms with van der Waals surface area (Å²) in [6, 6.07) is 0. The summed E-state index contributed by atoms with van der Waals surface area (Å²) in [5, 5.41) is 2.37. The molecule has 0 aliphatic carbocycles. The fourth-order valence-corrected chi connectivity index (χ4v) is 1.78. The zero-order chi connectivity index (χ0) is 10.2. The molecule has 0 radical (unpaired) electrons. The van der Waals surface area contributed by atoms with E-state index in [0.29, 0.717) is 0 Å². The van der Waals surface area contributed by atoms with E-state index < -0.39 is 0 Å². The Hall–Kier alpha value is -0.120. The molecule has 1 aliphatic heterocycles. The van der Waals surface area contributed by atoms with Gasteiger partial charge in [0.15, 0.2) is 0 Å². The first-order valence-corrected chi connectivity index (χ1v) is 6.07. The first-order chi connectivity index (χ1) is 6.86. The number of hydrogen-bond donors (Lipinski definition) is 1. The normalized spacial score (nSPS) is 20.1. The molecule has 0 spiro atoms. The van der Waals surface area contributed by atoms with Crippen molar-refractivity contribution in [2.45, 2.75) is 33.1 Å². The smallest absolute Gasteiger partial charge is 0.0259 e. The molecule has 0 atom stereocenters. The molecular formula is C11H25N3. The Kier molecular flexibility index (Phi) is 6.15. The second-order valence-electron chi connectivity index (χ2n) is 4.09. The van der Waals surface area contributed by atoms with E-state index in [1.54, 1.807) is 0 Å². The van der Waals surface area contributed by atoms with Gasteiger partial charge in [-0.25, -0.2) is 5.01 Å². The van der Waals surface area contributed by atoms with E-state index in [4.69, 9.17) is 0 Å². The lowest BCUT2D eigenvalue weighted by Crippen LogP contribution is -2.52. The first-order valence-electron chi connectivity index (χ1n) is 6.07. The molecular weight excluding hydrogens is 174 g/mol. The predicted molar refractivity (Wildman–Crippen MR) is 61.2 cm³/mol. The maximum atomic E-state index is 3.45. The molecule has 3 heteroatoms. The molecule has 0 aromatic rings. The number of hydrazine groups is 1. The lowest BCUT2D eigenvalue weighted by molar-refractivity contribution is 0.0892. The molecule has 0 aromatic carbocycles. The summed E-state index contributed by atoms with van der Waals surface area (Å²) in [4.78, 5) is 2.58. The molecule has 14 heavy (non-hydrogen) atoms. The molecule has 1 fully saturated rings. The lowest BCUT2D eigenvalue weighted by atomic mass is 10.3. The van der Waals surface area contributed by atoms with Crippen LogP contribution in [-0.4, -0.2) is 49.2 Å². The quantitative estimate of drug-likeness (QED) is 0.696. The van der Waals surface area contributed by atoms with Crippen molar-refractivity contribution in [3.8, 4) is 0 Å². The van der Waals surface area contributed by atoms with Crippen LogP contribution in [0.25, 0.3) is 0 Å². The van der Waals surface area contributed by atoms with Gasteiger partial charge in [-0.1, -0.05) is 20.3 Å². The van der Waals surface area contributed by atoms with Crippen LogP contribution < -0.4 is 5.43 Å². The van der Waals surface area contributed by atoms with E-state index in [1.165, 1.54) is 52.0 Å². The van der Waals surface area contributed by atoms with Crippen molar-refractivity contribution in [3.63, 3.8) is 0 Å². The highest BCUT2D eigenvalue weighted by Crippen LogP contribution is 2.01. The number of nitrogens with zero attached hydrogens (tertiary/aromatic N) is 2. The highest BCUT2D eigenvalue weighted by Gasteiger charge is 2.14. The number of unbranched alkanes of at least 4 members (excludes halogenated alkanes) is 1. The van der Waals surface area contributed by atoms with E-state index in [9.17, 15) is 0 Å². The van der Waals surface area contributed by atoms with Crippen LogP contribution in [0.15, 0.2) is 0 Å². The topological polar surface area (TPSA) is 18.5 Å². The van der Waals surface area contributed by atoms with Crippen LogP contribution in [-0.2, 0) is 0 Å². The standard InChI is InChI=1S/C11H25N3/c1-3-5-7-13-8-10-14(11-9-13)12-6-4-2/h12H,3-11H2,1-2H3. The van der Waals surface area contributed by atoms with Gasteiger partial charge in [0.25, 0.3) is 0 Å². The molecule has 0 aromatic heterocycles. The van der Waals surface area contributed by atoms with Gasteiger partial charge in [-0.3, -0.25) is 5.43 Å². The molecule has 0 unspecified atom stereocenters. The van der Waals surface area contributed by atoms with Gasteiger partial charge in [0.1, 0.15) is 0 Å². The fraction of sp³-hybridized carbons (Fsp3) is 1.00. The van der Waals surface area contributed by atoms with Crippen LogP contribution >= 0.6 is 0 Å². The van der Waals surface area contributed by atoms with Crippen LogP contribution in [0, 0.1) is 0 Å². The van der Waals surface area contributed by atoms with Gasteiger partial charge in [0.05, 0.1) is 0 Å². The molecule has 1 N–H and O–H groups in total. The van der Waals surface area contributed by atoms with Crippen LogP contribution in [0.1, 0.15) is 33.1 Å². The summed E-state index contributed by atoms with van der Waals surface area (Å²) in [6.07, 6.45) is 3.88. The summed E-state index contributed by atoms with van der Waals surface area (Å²) in [7, 11) is 0. The Morgan fingerprint density at radius 2 is 1.71 bits per heavy atom. The van der Waals surface area contributed by atoms with Gasteiger partial charge < -0.3 is 4.90 Å². The third-order valence-corrected chi connectivity index (χ3v) is 2.79. The highest BCUT2D eigenvalue weighted by atomic mass is 15.5. The number of nitrogens with one attached hydrogen (secondary N) is 1. The zero-order valence-electron chi connectivity index (χ0n) is 9.76. The minimum atomic E-state index is 1.12. The largest absolute Gasteiger partial charge is 0.301 e. The second-order valence-corrected chi connectivity index (χ2v) is 4.09. The average molecular weight is 199 g/mol. The summed E-state index contributed by atoms with van der Waals surface area (Å²) in [5.74, 6) is 0. The van der Waals surface area contributed by atoms with Gasteiger partial charge >= 0.3 is 0 Å². The van der Waals surface area contributed by atoms with Crippen molar-refractivity contribution in [2.24, 2.45) is 0 Å². The molecule has 3 nitrogen and oxygen atoms in total. The number of hydrogen-bond acceptors (Lipinski definition) is 3. The van der Waals surface area contributed by atoms with Gasteiger partial charge in [0, 0.05) is 32.7 Å². The number of piperazine rings is 1. The second kappa shape index (κ2) is 7.21. The van der Waals surface area contributed by atoms with E-state index in [-0.39, 0.29) is 0 Å². The molecule has 0 bridgehead atoms. The SMILES string of the molecule is CCCCN1CCN(NCCC)CC1. The maximum Gasteiger partial charge on any atom is 0.0259 e. The lowest BCUT2D eigenvalue weighted by Gasteiger charge is -2.34. The Morgan fingerprint density at radius 3 is 2.29 bits per heavy atom. The fourth-order valence-electron chi connectivity index (χ4n) is 1.78. The van der Waals surface area contributed by atoms with E-state index >= 15 is 0 Å². The maximum absolute atomic E-state index is 3.45. The number of rotatable bonds is 6. The predicted octanol–water partition coefficient (Wildman–Crippen LogP) is 1.32. The summed E-state index contributed by atoms with van der Waals surface area (Å²) in [5.41, 5.74) is 3.45. The van der Waals surface area contributed by atoms with Crippen LogP contribution in [0.5, 0.6) is 0 Å². The molecule has 1 heterocycles. The Bertz CT molecular complexity index is 114. The van der Waals surface area contributed by atoms with Crippen LogP contribution in [0.4, 0.5) is 0 Å². The first kappa shape index (κ1) is 12.0. The molecule has 1 saturated heterocycles. The monoisotopic (exact) mass is 199 g/mol. The minimum Gasteiger partial charge on any atom is -0.301 e. The van der Waals surface area contributed by atoms with Crippen LogP contribution in [0.2, 0.25) is 0 Å². The van der Waals surface area contributed by atoms with E-state index in [1.807, 2.05) is 0 Å². The van der Waals surface area contributed by atoms with Gasteiger partial charge in [-0.05, 0) is 19.4 Å². The van der Waals surface area contributed by atoms with Crippen molar-refractivity contribution in [1.82, 2.24) is 15.3 Å². The summed E-state index contributed by atoms with van der Waals surface area (Å²) in [6.45, 7) is 11.7. The van der Waals surface area contributed by atoms with Crippen molar-refractivity contribution in [1.29, 1.82) is 0 Å². The Morgan fingerprint density at radius 1 is 1.00 bits per heavy atom. The third-order valence-electron chi connectivity index (χ3n) is 2.79. The van der Waals surface area contributed by atoms with Gasteiger partial charge in [0.2, 0.25) is 0 Å². The molecule has 0 saturated carbocycles. The van der Waals surface area contributed by atoms with E-state index in [0.717, 1.165) is 6.54 Å². The third kappa shape index (κ3) is 4.40. The summed E-state index contributed by atoms with van der Waals surface area (Å²) < 4.78 is 0. The Balaban J connectivity index is 2.05.